The summed E-state index contributed by atoms with van der Waals surface area (Å²) in [6.07, 6.45) is 0. The van der Waals surface area contributed by atoms with Crippen molar-refractivity contribution in [3.8, 4) is 0 Å². The van der Waals surface area contributed by atoms with Gasteiger partial charge in [-0.2, -0.15) is 0 Å². The molecule has 0 saturated heterocycles. The molecule has 0 aliphatic heterocycles. The Morgan fingerprint density at radius 2 is 2.00 bits per heavy atom. The molecule has 2 aromatic carbocycles. The van der Waals surface area contributed by atoms with E-state index in [9.17, 15) is 9.18 Å². The van der Waals surface area contributed by atoms with Crippen LogP contribution in [0.15, 0.2) is 40.9 Å². The van der Waals surface area contributed by atoms with E-state index in [0.717, 1.165) is 10.0 Å². The van der Waals surface area contributed by atoms with Gasteiger partial charge in [-0.05, 0) is 37.3 Å². The predicted octanol–water partition coefficient (Wildman–Crippen LogP) is 3.73. The molecular formula is C14H12BrFN2O. The number of nitrogen functional groups attached to an aromatic ring is 1. The largest absolute Gasteiger partial charge is 0.397 e. The van der Waals surface area contributed by atoms with E-state index in [-0.39, 0.29) is 5.56 Å². The molecule has 19 heavy (non-hydrogen) atoms. The molecule has 98 valence electrons. The Balaban J connectivity index is 2.28. The standard InChI is InChI=1S/C14H12BrFN2O/c1-8-2-4-11(16)10(6-8)14(19)18-13-5-3-9(15)7-12(13)17/h2-7H,17H2,1H3,(H,18,19). The Morgan fingerprint density at radius 3 is 2.68 bits per heavy atom. The zero-order valence-corrected chi connectivity index (χ0v) is 11.8. The van der Waals surface area contributed by atoms with Crippen LogP contribution in [-0.4, -0.2) is 5.91 Å². The number of halogens is 2. The van der Waals surface area contributed by atoms with E-state index in [0.29, 0.717) is 11.4 Å². The van der Waals surface area contributed by atoms with Gasteiger partial charge in [0.05, 0.1) is 16.9 Å². The highest BCUT2D eigenvalue weighted by Gasteiger charge is 2.13. The molecule has 0 fully saturated rings. The number of nitrogens with two attached hydrogens (primary N) is 1. The molecule has 2 aromatic rings. The van der Waals surface area contributed by atoms with Crippen molar-refractivity contribution < 1.29 is 9.18 Å². The lowest BCUT2D eigenvalue weighted by atomic mass is 10.1. The van der Waals surface area contributed by atoms with E-state index in [4.69, 9.17) is 5.73 Å². The monoisotopic (exact) mass is 322 g/mol. The number of nitrogens with one attached hydrogen (secondary N) is 1. The quantitative estimate of drug-likeness (QED) is 0.828. The SMILES string of the molecule is Cc1ccc(F)c(C(=O)Nc2ccc(Br)cc2N)c1. The summed E-state index contributed by atoms with van der Waals surface area (Å²) in [7, 11) is 0. The van der Waals surface area contributed by atoms with Crippen LogP contribution in [0.2, 0.25) is 0 Å². The molecule has 0 aromatic heterocycles. The molecule has 0 radical (unpaired) electrons. The van der Waals surface area contributed by atoms with Crippen molar-refractivity contribution in [1.29, 1.82) is 0 Å². The Kier molecular flexibility index (Phi) is 3.85. The fourth-order valence-electron chi connectivity index (χ4n) is 1.65. The molecule has 0 heterocycles. The van der Waals surface area contributed by atoms with Gasteiger partial charge in [-0.1, -0.05) is 27.6 Å². The maximum Gasteiger partial charge on any atom is 0.258 e. The van der Waals surface area contributed by atoms with Crippen molar-refractivity contribution in [3.05, 3.63) is 57.8 Å². The van der Waals surface area contributed by atoms with Gasteiger partial charge in [-0.25, -0.2) is 4.39 Å². The van der Waals surface area contributed by atoms with Crippen molar-refractivity contribution in [2.75, 3.05) is 11.1 Å². The molecule has 0 saturated carbocycles. The third-order valence-electron chi connectivity index (χ3n) is 2.63. The molecule has 3 nitrogen and oxygen atoms in total. The van der Waals surface area contributed by atoms with Gasteiger partial charge >= 0.3 is 0 Å². The molecule has 2 rings (SSSR count). The van der Waals surface area contributed by atoms with Gasteiger partial charge in [-0.3, -0.25) is 4.79 Å². The third kappa shape index (κ3) is 3.12. The summed E-state index contributed by atoms with van der Waals surface area (Å²) in [5.41, 5.74) is 7.46. The first-order chi connectivity index (χ1) is 8.97. The maximum absolute atomic E-state index is 13.6. The third-order valence-corrected chi connectivity index (χ3v) is 3.12. The van der Waals surface area contributed by atoms with Gasteiger partial charge < -0.3 is 11.1 Å². The van der Waals surface area contributed by atoms with Crippen LogP contribution in [0.5, 0.6) is 0 Å². The van der Waals surface area contributed by atoms with Gasteiger partial charge in [0.1, 0.15) is 5.82 Å². The van der Waals surface area contributed by atoms with E-state index in [1.165, 1.54) is 12.1 Å². The summed E-state index contributed by atoms with van der Waals surface area (Å²) in [6.45, 7) is 1.80. The predicted molar refractivity (Wildman–Crippen MR) is 77.6 cm³/mol. The maximum atomic E-state index is 13.6. The van der Waals surface area contributed by atoms with Crippen LogP contribution in [0.3, 0.4) is 0 Å². The Bertz CT molecular complexity index is 643. The van der Waals surface area contributed by atoms with Crippen LogP contribution in [-0.2, 0) is 0 Å². The van der Waals surface area contributed by atoms with Gasteiger partial charge in [0.25, 0.3) is 5.91 Å². The number of hydrogen-bond acceptors (Lipinski definition) is 2. The highest BCUT2D eigenvalue weighted by Crippen LogP contribution is 2.24. The molecule has 3 N–H and O–H groups in total. The van der Waals surface area contributed by atoms with Gasteiger partial charge in [0.15, 0.2) is 0 Å². The van der Waals surface area contributed by atoms with Crippen LogP contribution < -0.4 is 11.1 Å². The zero-order valence-electron chi connectivity index (χ0n) is 10.2. The molecule has 1 amide bonds. The van der Waals surface area contributed by atoms with Crippen LogP contribution in [0.25, 0.3) is 0 Å². The lowest BCUT2D eigenvalue weighted by Gasteiger charge is -2.09. The van der Waals surface area contributed by atoms with Crippen LogP contribution in [0.4, 0.5) is 15.8 Å². The van der Waals surface area contributed by atoms with E-state index < -0.39 is 11.7 Å². The minimum atomic E-state index is -0.557. The highest BCUT2D eigenvalue weighted by atomic mass is 79.9. The van der Waals surface area contributed by atoms with E-state index in [1.54, 1.807) is 31.2 Å². The molecule has 0 spiro atoms. The molecule has 0 unspecified atom stereocenters. The van der Waals surface area contributed by atoms with Crippen molar-refractivity contribution in [1.82, 2.24) is 0 Å². The van der Waals surface area contributed by atoms with Crippen molar-refractivity contribution >= 4 is 33.2 Å². The lowest BCUT2D eigenvalue weighted by Crippen LogP contribution is -2.15. The molecule has 0 aliphatic carbocycles. The second-order valence-electron chi connectivity index (χ2n) is 4.17. The summed E-state index contributed by atoms with van der Waals surface area (Å²) in [6, 6.07) is 9.46. The minimum absolute atomic E-state index is 0.00215. The van der Waals surface area contributed by atoms with Crippen LogP contribution in [0, 0.1) is 12.7 Å². The van der Waals surface area contributed by atoms with Gasteiger partial charge in [0, 0.05) is 4.47 Å². The number of benzene rings is 2. The Labute approximate surface area is 118 Å². The van der Waals surface area contributed by atoms with E-state index >= 15 is 0 Å². The number of anilines is 2. The second kappa shape index (κ2) is 5.40. The fraction of sp³-hybridized carbons (Fsp3) is 0.0714. The first kappa shape index (κ1) is 13.5. The number of rotatable bonds is 2. The number of carbonyl (C=O) groups is 1. The van der Waals surface area contributed by atoms with Crippen LogP contribution >= 0.6 is 15.9 Å². The van der Waals surface area contributed by atoms with E-state index in [2.05, 4.69) is 21.2 Å². The molecule has 0 atom stereocenters. The highest BCUT2D eigenvalue weighted by molar-refractivity contribution is 9.10. The first-order valence-electron chi connectivity index (χ1n) is 5.60. The molecular weight excluding hydrogens is 311 g/mol. The second-order valence-corrected chi connectivity index (χ2v) is 5.08. The van der Waals surface area contributed by atoms with Crippen molar-refractivity contribution in [3.63, 3.8) is 0 Å². The number of aryl methyl sites for hydroxylation is 1. The van der Waals surface area contributed by atoms with E-state index in [1.807, 2.05) is 0 Å². The average Bonchev–Trinajstić information content (AvgIpc) is 2.35. The number of amides is 1. The minimum Gasteiger partial charge on any atom is -0.397 e. The fourth-order valence-corrected chi connectivity index (χ4v) is 2.03. The molecule has 0 bridgehead atoms. The number of carbonyl (C=O) groups excluding carboxylic acids is 1. The van der Waals surface area contributed by atoms with Crippen molar-refractivity contribution in [2.45, 2.75) is 6.92 Å². The van der Waals surface area contributed by atoms with Crippen molar-refractivity contribution in [2.24, 2.45) is 0 Å². The normalized spacial score (nSPS) is 10.3. The number of hydrogen-bond donors (Lipinski definition) is 2. The summed E-state index contributed by atoms with van der Waals surface area (Å²) in [5, 5.41) is 2.60. The smallest absolute Gasteiger partial charge is 0.258 e. The molecule has 0 aliphatic rings. The summed E-state index contributed by atoms with van der Waals surface area (Å²) >= 11 is 3.28. The van der Waals surface area contributed by atoms with Gasteiger partial charge in [0.2, 0.25) is 0 Å². The Morgan fingerprint density at radius 1 is 1.26 bits per heavy atom. The average molecular weight is 323 g/mol. The Hall–Kier alpha value is -1.88. The molecule has 5 heteroatoms. The topological polar surface area (TPSA) is 55.1 Å². The lowest BCUT2D eigenvalue weighted by molar-refractivity contribution is 0.102. The summed E-state index contributed by atoms with van der Waals surface area (Å²) < 4.78 is 14.4. The summed E-state index contributed by atoms with van der Waals surface area (Å²) in [4.78, 5) is 12.0. The first-order valence-corrected chi connectivity index (χ1v) is 6.39. The van der Waals surface area contributed by atoms with Crippen LogP contribution in [0.1, 0.15) is 15.9 Å². The van der Waals surface area contributed by atoms with Gasteiger partial charge in [-0.15, -0.1) is 0 Å². The zero-order chi connectivity index (χ0) is 14.0. The summed E-state index contributed by atoms with van der Waals surface area (Å²) in [5.74, 6) is -1.07.